The molecule has 1 aromatic carbocycles. The van der Waals surface area contributed by atoms with E-state index in [2.05, 4.69) is 34.1 Å². The lowest BCUT2D eigenvalue weighted by molar-refractivity contribution is 0.0993. The minimum absolute atomic E-state index is 0.250. The number of benzene rings is 1. The van der Waals surface area contributed by atoms with Crippen molar-refractivity contribution in [1.29, 1.82) is 0 Å². The van der Waals surface area contributed by atoms with Gasteiger partial charge in [0.15, 0.2) is 5.13 Å². The van der Waals surface area contributed by atoms with Crippen LogP contribution in [-0.2, 0) is 0 Å². The molecule has 0 aliphatic rings. The van der Waals surface area contributed by atoms with Gasteiger partial charge in [-0.05, 0) is 37.1 Å². The molecule has 28 heavy (non-hydrogen) atoms. The number of nitrogens with one attached hydrogen (secondary N) is 1. The monoisotopic (exact) mass is 399 g/mol. The number of hydrogen-bond acceptors (Lipinski definition) is 6. The Labute approximate surface area is 167 Å². The molecule has 0 atom stereocenters. The first kappa shape index (κ1) is 19.9. The average Bonchev–Trinajstić information content (AvgIpc) is 3.22. The molecule has 8 heteroatoms. The topological polar surface area (TPSA) is 71.0 Å². The summed E-state index contributed by atoms with van der Waals surface area (Å²) in [5.74, 6) is 0.126. The lowest BCUT2D eigenvalue weighted by atomic mass is 10.2. The third-order valence-electron chi connectivity index (χ3n) is 4.44. The van der Waals surface area contributed by atoms with Crippen LogP contribution < -0.4 is 10.2 Å². The molecule has 3 rings (SSSR count). The number of anilines is 2. The lowest BCUT2D eigenvalue weighted by Crippen LogP contribution is -2.26. The molecule has 0 aliphatic heterocycles. The number of amides is 1. The van der Waals surface area contributed by atoms with E-state index < -0.39 is 0 Å². The molecule has 0 saturated heterocycles. The van der Waals surface area contributed by atoms with E-state index in [0.717, 1.165) is 18.7 Å². The molecule has 0 aliphatic carbocycles. The Kier molecular flexibility index (Phi) is 6.30. The van der Waals surface area contributed by atoms with Crippen LogP contribution in [0.25, 0.3) is 11.4 Å². The maximum absolute atomic E-state index is 13.1. The number of carbonyl (C=O) groups excluding carboxylic acids is 1. The van der Waals surface area contributed by atoms with Crippen LogP contribution in [0, 0.1) is 5.82 Å². The lowest BCUT2D eigenvalue weighted by Gasteiger charge is -2.15. The Bertz CT molecular complexity index is 940. The van der Waals surface area contributed by atoms with Gasteiger partial charge in [-0.3, -0.25) is 9.69 Å². The van der Waals surface area contributed by atoms with E-state index in [0.29, 0.717) is 28.1 Å². The molecule has 1 amide bonds. The second-order valence-electron chi connectivity index (χ2n) is 6.33. The summed E-state index contributed by atoms with van der Waals surface area (Å²) in [6.07, 6.45) is 3.52. The van der Waals surface area contributed by atoms with Crippen molar-refractivity contribution in [2.75, 3.05) is 17.3 Å². The van der Waals surface area contributed by atoms with E-state index in [4.69, 9.17) is 0 Å². The molecule has 0 spiro atoms. The molecule has 146 valence electrons. The van der Waals surface area contributed by atoms with E-state index in [9.17, 15) is 9.18 Å². The molecular formula is C20H22FN5OS. The quantitative estimate of drug-likeness (QED) is 0.628. The molecule has 0 unspecified atom stereocenters. The molecule has 0 fully saturated rings. The summed E-state index contributed by atoms with van der Waals surface area (Å²) in [5, 5.41) is 5.79. The summed E-state index contributed by atoms with van der Waals surface area (Å²) in [4.78, 5) is 27.1. The van der Waals surface area contributed by atoms with Crippen molar-refractivity contribution in [1.82, 2.24) is 15.0 Å². The van der Waals surface area contributed by atoms with Crippen LogP contribution in [0.2, 0.25) is 0 Å². The molecule has 0 saturated carbocycles. The maximum Gasteiger partial charge on any atom is 0.259 e. The number of thiazole rings is 1. The Hall–Kier alpha value is -2.87. The molecule has 0 radical (unpaired) electrons. The summed E-state index contributed by atoms with van der Waals surface area (Å²) in [7, 11) is 1.65. The first-order chi connectivity index (χ1) is 13.5. The van der Waals surface area contributed by atoms with Gasteiger partial charge in [0, 0.05) is 30.1 Å². The van der Waals surface area contributed by atoms with Crippen molar-refractivity contribution in [2.45, 2.75) is 32.7 Å². The summed E-state index contributed by atoms with van der Waals surface area (Å²) < 4.78 is 13.1. The normalized spacial score (nSPS) is 10.9. The fourth-order valence-corrected chi connectivity index (χ4v) is 3.47. The van der Waals surface area contributed by atoms with E-state index in [1.54, 1.807) is 7.05 Å². The van der Waals surface area contributed by atoms with Crippen LogP contribution >= 0.6 is 11.3 Å². The van der Waals surface area contributed by atoms with Crippen molar-refractivity contribution >= 4 is 28.2 Å². The summed E-state index contributed by atoms with van der Waals surface area (Å²) in [6, 6.07) is 7.67. The van der Waals surface area contributed by atoms with Crippen LogP contribution in [0.15, 0.2) is 42.0 Å². The second kappa shape index (κ2) is 8.88. The summed E-state index contributed by atoms with van der Waals surface area (Å²) >= 11 is 1.35. The van der Waals surface area contributed by atoms with Crippen LogP contribution in [0.4, 0.5) is 15.3 Å². The summed E-state index contributed by atoms with van der Waals surface area (Å²) in [5.41, 5.74) is 1.77. The first-order valence-electron chi connectivity index (χ1n) is 9.09. The van der Waals surface area contributed by atoms with Crippen LogP contribution in [0.3, 0.4) is 0 Å². The predicted octanol–water partition coefficient (Wildman–Crippen LogP) is 4.62. The molecular weight excluding hydrogens is 377 g/mol. The van der Waals surface area contributed by atoms with Gasteiger partial charge in [-0.15, -0.1) is 11.3 Å². The standard InChI is InChI=1S/C20H22FN5OS/c1-4-15(5-2)24-18-10-16(22-12-23-18)17-11-28-20(25-17)26(3)19(27)13-6-8-14(21)9-7-13/h6-12,15H,4-5H2,1-3H3,(H,22,23,24). The van der Waals surface area contributed by atoms with Crippen molar-refractivity contribution in [3.8, 4) is 11.4 Å². The molecule has 2 aromatic heterocycles. The number of aromatic nitrogens is 3. The fraction of sp³-hybridized carbons (Fsp3) is 0.300. The van der Waals surface area contributed by atoms with Gasteiger partial charge in [-0.2, -0.15) is 0 Å². The summed E-state index contributed by atoms with van der Waals surface area (Å²) in [6.45, 7) is 4.26. The zero-order chi connectivity index (χ0) is 20.1. The van der Waals surface area contributed by atoms with E-state index in [-0.39, 0.29) is 11.7 Å². The van der Waals surface area contributed by atoms with Gasteiger partial charge in [0.2, 0.25) is 0 Å². The predicted molar refractivity (Wildman–Crippen MR) is 110 cm³/mol. The smallest absolute Gasteiger partial charge is 0.259 e. The zero-order valence-electron chi connectivity index (χ0n) is 16.0. The van der Waals surface area contributed by atoms with Crippen LogP contribution in [0.1, 0.15) is 37.0 Å². The van der Waals surface area contributed by atoms with Crippen LogP contribution in [0.5, 0.6) is 0 Å². The molecule has 6 nitrogen and oxygen atoms in total. The number of rotatable bonds is 7. The number of nitrogens with zero attached hydrogens (tertiary/aromatic N) is 4. The zero-order valence-corrected chi connectivity index (χ0v) is 16.8. The highest BCUT2D eigenvalue weighted by atomic mass is 32.1. The van der Waals surface area contributed by atoms with Crippen molar-refractivity contribution in [3.63, 3.8) is 0 Å². The Morgan fingerprint density at radius 2 is 1.89 bits per heavy atom. The SMILES string of the molecule is CCC(CC)Nc1cc(-c2csc(N(C)C(=O)c3ccc(F)cc3)n2)ncn1. The minimum Gasteiger partial charge on any atom is -0.367 e. The third kappa shape index (κ3) is 4.51. The van der Waals surface area contributed by atoms with Crippen molar-refractivity contribution < 1.29 is 9.18 Å². The highest BCUT2D eigenvalue weighted by Crippen LogP contribution is 2.27. The van der Waals surface area contributed by atoms with Gasteiger partial charge >= 0.3 is 0 Å². The number of halogens is 1. The largest absolute Gasteiger partial charge is 0.367 e. The number of hydrogen-bond donors (Lipinski definition) is 1. The van der Waals surface area contributed by atoms with Gasteiger partial charge in [-0.25, -0.2) is 19.3 Å². The molecule has 2 heterocycles. The fourth-order valence-electron chi connectivity index (χ4n) is 2.69. The van der Waals surface area contributed by atoms with Gasteiger partial charge < -0.3 is 5.32 Å². The number of carbonyl (C=O) groups is 1. The van der Waals surface area contributed by atoms with E-state index in [1.165, 1.54) is 46.8 Å². The van der Waals surface area contributed by atoms with Gasteiger partial charge in [0.25, 0.3) is 5.91 Å². The first-order valence-corrected chi connectivity index (χ1v) is 9.97. The minimum atomic E-state index is -0.378. The van der Waals surface area contributed by atoms with Gasteiger partial charge in [-0.1, -0.05) is 13.8 Å². The molecule has 0 bridgehead atoms. The van der Waals surface area contributed by atoms with Crippen molar-refractivity contribution in [2.24, 2.45) is 0 Å². The van der Waals surface area contributed by atoms with Crippen molar-refractivity contribution in [3.05, 3.63) is 53.4 Å². The Morgan fingerprint density at radius 3 is 2.57 bits per heavy atom. The highest BCUT2D eigenvalue weighted by Gasteiger charge is 2.18. The third-order valence-corrected chi connectivity index (χ3v) is 5.36. The van der Waals surface area contributed by atoms with Gasteiger partial charge in [0.1, 0.15) is 23.7 Å². The maximum atomic E-state index is 13.1. The molecule has 3 aromatic rings. The molecule has 1 N–H and O–H groups in total. The Balaban J connectivity index is 1.78. The van der Waals surface area contributed by atoms with Gasteiger partial charge in [0.05, 0.1) is 5.69 Å². The van der Waals surface area contributed by atoms with E-state index >= 15 is 0 Å². The second-order valence-corrected chi connectivity index (χ2v) is 7.17. The highest BCUT2D eigenvalue weighted by molar-refractivity contribution is 7.14. The Morgan fingerprint density at radius 1 is 1.18 bits per heavy atom. The van der Waals surface area contributed by atoms with Crippen LogP contribution in [-0.4, -0.2) is 33.9 Å². The average molecular weight is 399 g/mol. The van der Waals surface area contributed by atoms with E-state index in [1.807, 2.05) is 11.4 Å².